The number of rotatable bonds is 7. The predicted octanol–water partition coefficient (Wildman–Crippen LogP) is 2.35. The summed E-state index contributed by atoms with van der Waals surface area (Å²) in [5, 5.41) is 3.26. The highest BCUT2D eigenvalue weighted by molar-refractivity contribution is 6.30. The van der Waals surface area contributed by atoms with E-state index >= 15 is 0 Å². The first-order chi connectivity index (χ1) is 9.53. The number of hydrogen-bond donors (Lipinski definition) is 1. The smallest absolute Gasteiger partial charge is 0.239 e. The van der Waals surface area contributed by atoms with Crippen molar-refractivity contribution in [2.24, 2.45) is 0 Å². The second-order valence-electron chi connectivity index (χ2n) is 4.60. The molecule has 112 valence electrons. The van der Waals surface area contributed by atoms with E-state index in [0.29, 0.717) is 18.2 Å². The quantitative estimate of drug-likeness (QED) is 0.785. The maximum Gasteiger partial charge on any atom is 0.239 e. The zero-order valence-corrected chi connectivity index (χ0v) is 13.4. The minimum Gasteiger partial charge on any atom is -0.355 e. The molecule has 0 radical (unpaired) electrons. The molecule has 1 rings (SSSR count). The highest BCUT2D eigenvalue weighted by Gasteiger charge is 2.16. The van der Waals surface area contributed by atoms with Crippen LogP contribution in [0.1, 0.15) is 38.6 Å². The van der Waals surface area contributed by atoms with Crippen LogP contribution in [0, 0.1) is 6.92 Å². The molecule has 1 heterocycles. The van der Waals surface area contributed by atoms with Gasteiger partial charge in [0.2, 0.25) is 5.91 Å². The van der Waals surface area contributed by atoms with Crippen molar-refractivity contribution >= 4 is 23.3 Å². The van der Waals surface area contributed by atoms with E-state index in [1.54, 1.807) is 0 Å². The Morgan fingerprint density at radius 3 is 2.55 bits per heavy atom. The van der Waals surface area contributed by atoms with E-state index in [0.717, 1.165) is 30.0 Å². The van der Waals surface area contributed by atoms with Crippen molar-refractivity contribution in [3.8, 4) is 0 Å². The van der Waals surface area contributed by atoms with Crippen LogP contribution in [-0.2, 0) is 11.2 Å². The van der Waals surface area contributed by atoms with Crippen molar-refractivity contribution in [2.45, 2.75) is 40.5 Å². The fraction of sp³-hybridized carbons (Fsp3) is 0.643. The van der Waals surface area contributed by atoms with E-state index in [-0.39, 0.29) is 12.5 Å². The van der Waals surface area contributed by atoms with Gasteiger partial charge in [0.15, 0.2) is 0 Å². The van der Waals surface area contributed by atoms with Crippen molar-refractivity contribution in [2.75, 3.05) is 24.5 Å². The zero-order chi connectivity index (χ0) is 15.1. The van der Waals surface area contributed by atoms with E-state index in [1.165, 1.54) is 0 Å². The van der Waals surface area contributed by atoms with Crippen LogP contribution in [0.15, 0.2) is 0 Å². The molecule has 0 spiro atoms. The SMILES string of the molecule is CCCc1nc(Cl)c(C)c(N(CC)CC(=O)NCC)n1. The Balaban J connectivity index is 3.03. The Morgan fingerprint density at radius 1 is 1.30 bits per heavy atom. The Labute approximate surface area is 125 Å². The van der Waals surface area contributed by atoms with Gasteiger partial charge in [-0.2, -0.15) is 0 Å². The van der Waals surface area contributed by atoms with Crippen LogP contribution in [0.2, 0.25) is 5.15 Å². The molecule has 0 aromatic carbocycles. The lowest BCUT2D eigenvalue weighted by atomic mass is 10.2. The molecule has 0 bridgehead atoms. The summed E-state index contributed by atoms with van der Waals surface area (Å²) >= 11 is 6.18. The highest BCUT2D eigenvalue weighted by atomic mass is 35.5. The number of aromatic nitrogens is 2. The number of carbonyl (C=O) groups excluding carboxylic acids is 1. The summed E-state index contributed by atoms with van der Waals surface area (Å²) < 4.78 is 0. The third kappa shape index (κ3) is 4.34. The van der Waals surface area contributed by atoms with Gasteiger partial charge in [0.05, 0.1) is 6.54 Å². The summed E-state index contributed by atoms with van der Waals surface area (Å²) in [6.45, 7) is 9.45. The lowest BCUT2D eigenvalue weighted by molar-refractivity contribution is -0.119. The van der Waals surface area contributed by atoms with Gasteiger partial charge in [0, 0.05) is 25.1 Å². The average Bonchev–Trinajstić information content (AvgIpc) is 2.41. The normalized spacial score (nSPS) is 10.4. The summed E-state index contributed by atoms with van der Waals surface area (Å²) in [4.78, 5) is 22.5. The molecule has 1 N–H and O–H groups in total. The molecule has 0 aliphatic heterocycles. The lowest BCUT2D eigenvalue weighted by Crippen LogP contribution is -2.38. The maximum atomic E-state index is 11.8. The van der Waals surface area contributed by atoms with Crippen LogP contribution in [0.3, 0.4) is 0 Å². The largest absolute Gasteiger partial charge is 0.355 e. The molecule has 0 unspecified atom stereocenters. The molecule has 1 aromatic rings. The number of likely N-dealkylation sites (N-methyl/N-ethyl adjacent to an activating group) is 2. The minimum atomic E-state index is -0.0134. The highest BCUT2D eigenvalue weighted by Crippen LogP contribution is 2.23. The second kappa shape index (κ2) is 8.04. The van der Waals surface area contributed by atoms with E-state index < -0.39 is 0 Å². The number of nitrogens with zero attached hydrogens (tertiary/aromatic N) is 3. The van der Waals surface area contributed by atoms with E-state index in [9.17, 15) is 4.79 Å². The summed E-state index contributed by atoms with van der Waals surface area (Å²) in [7, 11) is 0. The average molecular weight is 299 g/mol. The summed E-state index contributed by atoms with van der Waals surface area (Å²) in [5.74, 6) is 1.47. The van der Waals surface area contributed by atoms with Gasteiger partial charge in [-0.1, -0.05) is 18.5 Å². The molecule has 6 heteroatoms. The Hall–Kier alpha value is -1.36. The number of aryl methyl sites for hydroxylation is 1. The van der Waals surface area contributed by atoms with Gasteiger partial charge in [-0.15, -0.1) is 0 Å². The van der Waals surface area contributed by atoms with Gasteiger partial charge in [0.1, 0.15) is 16.8 Å². The van der Waals surface area contributed by atoms with Crippen molar-refractivity contribution in [3.63, 3.8) is 0 Å². The van der Waals surface area contributed by atoms with Crippen molar-refractivity contribution in [1.29, 1.82) is 0 Å². The molecule has 0 aliphatic carbocycles. The third-order valence-electron chi connectivity index (χ3n) is 2.97. The summed E-state index contributed by atoms with van der Waals surface area (Å²) in [6, 6.07) is 0. The standard InChI is InChI=1S/C14H23ClN4O/c1-5-8-11-17-13(15)10(4)14(18-11)19(7-3)9-12(20)16-6-2/h5-9H2,1-4H3,(H,16,20). The lowest BCUT2D eigenvalue weighted by Gasteiger charge is -2.23. The Kier molecular flexibility index (Phi) is 6.71. The third-order valence-corrected chi connectivity index (χ3v) is 3.34. The van der Waals surface area contributed by atoms with Crippen LogP contribution in [0.5, 0.6) is 0 Å². The first-order valence-electron chi connectivity index (χ1n) is 7.08. The molecule has 0 saturated heterocycles. The van der Waals surface area contributed by atoms with Gasteiger partial charge in [0.25, 0.3) is 0 Å². The molecule has 5 nitrogen and oxygen atoms in total. The Morgan fingerprint density at radius 2 is 2.00 bits per heavy atom. The van der Waals surface area contributed by atoms with Crippen molar-refractivity contribution < 1.29 is 4.79 Å². The molecule has 1 amide bonds. The number of anilines is 1. The van der Waals surface area contributed by atoms with Crippen molar-refractivity contribution in [1.82, 2.24) is 15.3 Å². The van der Waals surface area contributed by atoms with E-state index in [2.05, 4.69) is 22.2 Å². The van der Waals surface area contributed by atoms with E-state index in [1.807, 2.05) is 25.7 Å². The zero-order valence-electron chi connectivity index (χ0n) is 12.7. The van der Waals surface area contributed by atoms with Crippen LogP contribution in [0.25, 0.3) is 0 Å². The monoisotopic (exact) mass is 298 g/mol. The van der Waals surface area contributed by atoms with Crippen LogP contribution >= 0.6 is 11.6 Å². The van der Waals surface area contributed by atoms with Crippen LogP contribution in [0.4, 0.5) is 5.82 Å². The van der Waals surface area contributed by atoms with Gasteiger partial charge >= 0.3 is 0 Å². The first kappa shape index (κ1) is 16.7. The number of nitrogens with one attached hydrogen (secondary N) is 1. The van der Waals surface area contributed by atoms with E-state index in [4.69, 9.17) is 11.6 Å². The predicted molar refractivity (Wildman–Crippen MR) is 82.3 cm³/mol. The number of carbonyl (C=O) groups is 1. The van der Waals surface area contributed by atoms with Crippen LogP contribution in [-0.4, -0.2) is 35.5 Å². The molecule has 0 saturated carbocycles. The molecule has 0 atom stereocenters. The van der Waals surface area contributed by atoms with Crippen LogP contribution < -0.4 is 10.2 Å². The second-order valence-corrected chi connectivity index (χ2v) is 4.95. The maximum absolute atomic E-state index is 11.8. The topological polar surface area (TPSA) is 58.1 Å². The van der Waals surface area contributed by atoms with Gasteiger partial charge in [-0.05, 0) is 27.2 Å². The minimum absolute atomic E-state index is 0.0134. The van der Waals surface area contributed by atoms with Gasteiger partial charge in [-0.3, -0.25) is 4.79 Å². The fourth-order valence-corrected chi connectivity index (χ4v) is 2.11. The summed E-state index contributed by atoms with van der Waals surface area (Å²) in [5.41, 5.74) is 0.817. The number of halogens is 1. The molecule has 0 aliphatic rings. The van der Waals surface area contributed by atoms with Gasteiger partial charge < -0.3 is 10.2 Å². The van der Waals surface area contributed by atoms with Crippen molar-refractivity contribution in [3.05, 3.63) is 16.5 Å². The molecule has 0 fully saturated rings. The van der Waals surface area contributed by atoms with Gasteiger partial charge in [-0.25, -0.2) is 9.97 Å². The Bertz CT molecular complexity index is 465. The number of hydrogen-bond acceptors (Lipinski definition) is 4. The summed E-state index contributed by atoms with van der Waals surface area (Å²) in [6.07, 6.45) is 1.74. The first-order valence-corrected chi connectivity index (χ1v) is 7.45. The molecule has 1 aromatic heterocycles. The molecule has 20 heavy (non-hydrogen) atoms. The fourth-order valence-electron chi connectivity index (χ4n) is 1.93. The molecular formula is C14H23ClN4O. The number of amides is 1. The molecular weight excluding hydrogens is 276 g/mol.